The molecule has 0 aromatic heterocycles. The Labute approximate surface area is 174 Å². The van der Waals surface area contributed by atoms with Crippen molar-refractivity contribution < 1.29 is 4.74 Å². The normalized spacial score (nSPS) is 17.1. The molecule has 1 heterocycles. The molecule has 3 aromatic carbocycles. The largest absolute Gasteiger partial charge is 0.489 e. The molecule has 1 atom stereocenters. The van der Waals surface area contributed by atoms with Gasteiger partial charge in [-0.15, -0.1) is 0 Å². The quantitative estimate of drug-likeness (QED) is 0.567. The van der Waals surface area contributed by atoms with Crippen LogP contribution in [-0.4, -0.2) is 30.6 Å². The van der Waals surface area contributed by atoms with Gasteiger partial charge in [-0.3, -0.25) is 4.90 Å². The summed E-state index contributed by atoms with van der Waals surface area (Å²) in [5, 5.41) is 6.27. The van der Waals surface area contributed by atoms with Gasteiger partial charge in [0.05, 0.1) is 0 Å². The van der Waals surface area contributed by atoms with E-state index < -0.39 is 0 Å². The average molecular weight is 389 g/mol. The minimum Gasteiger partial charge on any atom is -0.489 e. The van der Waals surface area contributed by atoms with Crippen molar-refractivity contribution in [1.29, 1.82) is 0 Å². The molecule has 0 unspecified atom stereocenters. The van der Waals surface area contributed by atoms with Gasteiger partial charge in [0, 0.05) is 24.7 Å². The van der Waals surface area contributed by atoms with E-state index in [-0.39, 0.29) is 0 Å². The van der Waals surface area contributed by atoms with Crippen molar-refractivity contribution in [1.82, 2.24) is 10.2 Å². The molecule has 0 radical (unpaired) electrons. The Balaban J connectivity index is 1.52. The summed E-state index contributed by atoms with van der Waals surface area (Å²) in [6.07, 6.45) is 2.62. The predicted molar refractivity (Wildman–Crippen MR) is 121 cm³/mol. The molecule has 0 amide bonds. The maximum Gasteiger partial charge on any atom is 0.124 e. The van der Waals surface area contributed by atoms with E-state index in [1.54, 1.807) is 0 Å². The van der Waals surface area contributed by atoms with Crippen molar-refractivity contribution in [3.63, 3.8) is 0 Å². The van der Waals surface area contributed by atoms with E-state index in [4.69, 9.17) is 4.74 Å². The Bertz CT molecular complexity index is 952. The monoisotopic (exact) mass is 388 g/mol. The summed E-state index contributed by atoms with van der Waals surface area (Å²) in [6.45, 7) is 9.26. The van der Waals surface area contributed by atoms with Gasteiger partial charge in [0.25, 0.3) is 0 Å². The van der Waals surface area contributed by atoms with Gasteiger partial charge >= 0.3 is 0 Å². The topological polar surface area (TPSA) is 24.5 Å². The van der Waals surface area contributed by atoms with Crippen LogP contribution in [0.25, 0.3) is 10.8 Å². The molecule has 4 rings (SSSR count). The molecule has 1 N–H and O–H groups in total. The van der Waals surface area contributed by atoms with Crippen molar-refractivity contribution >= 4 is 10.8 Å². The lowest BCUT2D eigenvalue weighted by atomic mass is 10.0. The molecule has 29 heavy (non-hydrogen) atoms. The highest BCUT2D eigenvalue weighted by atomic mass is 16.5. The molecule has 1 saturated heterocycles. The summed E-state index contributed by atoms with van der Waals surface area (Å²) in [4.78, 5) is 2.59. The third kappa shape index (κ3) is 4.63. The molecular weight excluding hydrogens is 356 g/mol. The van der Waals surface area contributed by atoms with Crippen molar-refractivity contribution in [3.8, 4) is 5.75 Å². The van der Waals surface area contributed by atoms with Crippen LogP contribution in [0.4, 0.5) is 0 Å². The SMILES string of the molecule is CCN1CCC[C@@H]1CNCc1c(OCc2ccccc2C)ccc2ccccc12. The first-order valence-corrected chi connectivity index (χ1v) is 10.9. The van der Waals surface area contributed by atoms with Crippen molar-refractivity contribution in [2.45, 2.75) is 45.9 Å². The molecule has 0 aliphatic carbocycles. The predicted octanol–water partition coefficient (Wildman–Crippen LogP) is 5.30. The summed E-state index contributed by atoms with van der Waals surface area (Å²) in [6, 6.07) is 22.0. The average Bonchev–Trinajstić information content (AvgIpc) is 3.21. The van der Waals surface area contributed by atoms with E-state index in [1.165, 1.54) is 46.8 Å². The van der Waals surface area contributed by atoms with E-state index in [0.717, 1.165) is 25.4 Å². The number of ether oxygens (including phenoxy) is 1. The van der Waals surface area contributed by atoms with Gasteiger partial charge < -0.3 is 10.1 Å². The van der Waals surface area contributed by atoms with Gasteiger partial charge in [-0.05, 0) is 60.8 Å². The van der Waals surface area contributed by atoms with E-state index in [0.29, 0.717) is 12.6 Å². The second-order valence-electron chi connectivity index (χ2n) is 8.03. The fraction of sp³-hybridized carbons (Fsp3) is 0.385. The maximum absolute atomic E-state index is 6.33. The molecule has 1 aliphatic heterocycles. The zero-order valence-corrected chi connectivity index (χ0v) is 17.7. The molecule has 0 saturated carbocycles. The Hall–Kier alpha value is -2.36. The third-order valence-electron chi connectivity index (χ3n) is 6.23. The highest BCUT2D eigenvalue weighted by Gasteiger charge is 2.22. The Morgan fingerprint density at radius 2 is 1.86 bits per heavy atom. The van der Waals surface area contributed by atoms with Crippen LogP contribution in [0.5, 0.6) is 5.75 Å². The number of rotatable bonds is 8. The van der Waals surface area contributed by atoms with Gasteiger partial charge in [0.15, 0.2) is 0 Å². The van der Waals surface area contributed by atoms with Crippen molar-refractivity contribution in [3.05, 3.63) is 77.4 Å². The van der Waals surface area contributed by atoms with Gasteiger partial charge in [0.1, 0.15) is 12.4 Å². The number of benzene rings is 3. The zero-order valence-electron chi connectivity index (χ0n) is 17.7. The number of hydrogen-bond acceptors (Lipinski definition) is 3. The lowest BCUT2D eigenvalue weighted by Gasteiger charge is -2.23. The Morgan fingerprint density at radius 1 is 1.03 bits per heavy atom. The van der Waals surface area contributed by atoms with Crippen LogP contribution in [0.15, 0.2) is 60.7 Å². The van der Waals surface area contributed by atoms with Crippen LogP contribution >= 0.6 is 0 Å². The smallest absolute Gasteiger partial charge is 0.124 e. The second-order valence-corrected chi connectivity index (χ2v) is 8.03. The van der Waals surface area contributed by atoms with E-state index in [9.17, 15) is 0 Å². The Morgan fingerprint density at radius 3 is 2.72 bits per heavy atom. The minimum absolute atomic E-state index is 0.601. The summed E-state index contributed by atoms with van der Waals surface area (Å²) in [7, 11) is 0. The fourth-order valence-electron chi connectivity index (χ4n) is 4.47. The van der Waals surface area contributed by atoms with Crippen LogP contribution in [0, 0.1) is 6.92 Å². The van der Waals surface area contributed by atoms with Crippen LogP contribution < -0.4 is 10.1 Å². The molecule has 3 heteroatoms. The number of aryl methyl sites for hydroxylation is 1. The van der Waals surface area contributed by atoms with Crippen LogP contribution in [0.1, 0.15) is 36.5 Å². The van der Waals surface area contributed by atoms with Crippen molar-refractivity contribution in [2.24, 2.45) is 0 Å². The lowest BCUT2D eigenvalue weighted by molar-refractivity contribution is 0.259. The molecular formula is C26H32N2O. The fourth-order valence-corrected chi connectivity index (χ4v) is 4.47. The molecule has 152 valence electrons. The number of likely N-dealkylation sites (tertiary alicyclic amines) is 1. The number of fused-ring (bicyclic) bond motifs is 1. The number of likely N-dealkylation sites (N-methyl/N-ethyl adjacent to an activating group) is 1. The van der Waals surface area contributed by atoms with E-state index in [1.807, 2.05) is 0 Å². The number of nitrogens with zero attached hydrogens (tertiary/aromatic N) is 1. The summed E-state index contributed by atoms with van der Waals surface area (Å²) in [5.41, 5.74) is 3.77. The Kier molecular flexibility index (Phi) is 6.48. The van der Waals surface area contributed by atoms with E-state index in [2.05, 4.69) is 84.7 Å². The first-order chi connectivity index (χ1) is 14.3. The standard InChI is InChI=1S/C26H32N2O/c1-3-28-16-8-12-23(28)17-27-18-25-24-13-7-6-10-21(24)14-15-26(25)29-19-22-11-5-4-9-20(22)2/h4-7,9-11,13-15,23,27H,3,8,12,16-19H2,1-2H3/t23-/m1/s1. The van der Waals surface area contributed by atoms with Gasteiger partial charge in [-0.25, -0.2) is 0 Å². The van der Waals surface area contributed by atoms with Crippen LogP contribution in [-0.2, 0) is 13.2 Å². The number of nitrogens with one attached hydrogen (secondary N) is 1. The highest BCUT2D eigenvalue weighted by molar-refractivity contribution is 5.87. The minimum atomic E-state index is 0.601. The van der Waals surface area contributed by atoms with Gasteiger partial charge in [0.2, 0.25) is 0 Å². The summed E-state index contributed by atoms with van der Waals surface area (Å²) >= 11 is 0. The van der Waals surface area contributed by atoms with E-state index >= 15 is 0 Å². The lowest BCUT2D eigenvalue weighted by Crippen LogP contribution is -2.37. The third-order valence-corrected chi connectivity index (χ3v) is 6.23. The maximum atomic E-state index is 6.33. The number of hydrogen-bond donors (Lipinski definition) is 1. The molecule has 0 bridgehead atoms. The molecule has 1 fully saturated rings. The molecule has 3 nitrogen and oxygen atoms in total. The molecule has 3 aromatic rings. The first-order valence-electron chi connectivity index (χ1n) is 10.9. The van der Waals surface area contributed by atoms with Crippen LogP contribution in [0.3, 0.4) is 0 Å². The van der Waals surface area contributed by atoms with Gasteiger partial charge in [-0.1, -0.05) is 61.5 Å². The molecule has 1 aliphatic rings. The summed E-state index contributed by atoms with van der Waals surface area (Å²) in [5.74, 6) is 0.984. The van der Waals surface area contributed by atoms with Gasteiger partial charge in [-0.2, -0.15) is 0 Å². The second kappa shape index (κ2) is 9.43. The molecule has 0 spiro atoms. The van der Waals surface area contributed by atoms with Crippen LogP contribution in [0.2, 0.25) is 0 Å². The summed E-state index contributed by atoms with van der Waals surface area (Å²) < 4.78 is 6.33. The highest BCUT2D eigenvalue weighted by Crippen LogP contribution is 2.29. The first kappa shape index (κ1) is 19.9. The van der Waals surface area contributed by atoms with Crippen molar-refractivity contribution in [2.75, 3.05) is 19.6 Å². The zero-order chi connectivity index (χ0) is 20.1.